The van der Waals surface area contributed by atoms with Crippen LogP contribution in [0.25, 0.3) is 32.9 Å². The Bertz CT molecular complexity index is 1970. The van der Waals surface area contributed by atoms with Gasteiger partial charge in [-0.25, -0.2) is 8.78 Å². The van der Waals surface area contributed by atoms with Crippen molar-refractivity contribution < 1.29 is 28.5 Å². The highest BCUT2D eigenvalue weighted by Crippen LogP contribution is 2.43. The van der Waals surface area contributed by atoms with Gasteiger partial charge in [0.1, 0.15) is 50.9 Å². The van der Waals surface area contributed by atoms with Crippen LogP contribution in [0.3, 0.4) is 0 Å². The second kappa shape index (κ2) is 12.3. The molecule has 2 bridgehead atoms. The van der Waals surface area contributed by atoms with Crippen LogP contribution in [0.4, 0.5) is 14.6 Å². The molecule has 0 aliphatic carbocycles. The molecule has 2 aromatic heterocycles. The number of aliphatic hydroxyl groups is 1. The van der Waals surface area contributed by atoms with Crippen LogP contribution >= 0.6 is 0 Å². The summed E-state index contributed by atoms with van der Waals surface area (Å²) in [5.74, 6) is -0.774. The summed E-state index contributed by atoms with van der Waals surface area (Å²) in [7, 11) is 11.2. The second-order valence-corrected chi connectivity index (χ2v) is 14.6. The Morgan fingerprint density at radius 2 is 1.92 bits per heavy atom. The van der Waals surface area contributed by atoms with Gasteiger partial charge >= 0.3 is 6.01 Å². The molecule has 0 spiro atoms. The summed E-state index contributed by atoms with van der Waals surface area (Å²) in [6.45, 7) is 7.04. The fraction of sp³-hybridized carbons (Fsp3) is 0.528. The number of rotatable bonds is 9. The Morgan fingerprint density at radius 1 is 1.14 bits per heavy atom. The SMILES string of the molecule is [B]C([B])(O)OC(C)[C@]12CC[C@H](CN(c3nc(OCC45CCCN4CCC5)nc4c(F)c(-c5cc(O)cc6ccc(F)c(CC)c56)ncc34)C1)N2. The Balaban J connectivity index is 1.26. The van der Waals surface area contributed by atoms with E-state index in [2.05, 4.69) is 25.1 Å². The number of nitrogens with zero attached hydrogens (tertiary/aromatic N) is 5. The molecule has 4 saturated heterocycles. The predicted molar refractivity (Wildman–Crippen MR) is 188 cm³/mol. The highest BCUT2D eigenvalue weighted by atomic mass is 19.1. The Labute approximate surface area is 292 Å². The number of hydrogen-bond acceptors (Lipinski definition) is 10. The van der Waals surface area contributed by atoms with Gasteiger partial charge in [0.25, 0.3) is 0 Å². The van der Waals surface area contributed by atoms with E-state index in [9.17, 15) is 10.2 Å². The van der Waals surface area contributed by atoms with Gasteiger partial charge in [-0.2, -0.15) is 9.97 Å². The number of piperazine rings is 1. The second-order valence-electron chi connectivity index (χ2n) is 14.6. The Hall–Kier alpha value is -3.58. The molecule has 4 fully saturated rings. The van der Waals surface area contributed by atoms with E-state index in [1.165, 1.54) is 24.4 Å². The third kappa shape index (κ3) is 5.68. The molecule has 6 heterocycles. The van der Waals surface area contributed by atoms with Gasteiger partial charge in [-0.3, -0.25) is 9.88 Å². The smallest absolute Gasteiger partial charge is 0.319 e. The van der Waals surface area contributed by atoms with E-state index < -0.39 is 28.9 Å². The molecule has 10 nitrogen and oxygen atoms in total. The first kappa shape index (κ1) is 33.6. The Kier molecular flexibility index (Phi) is 8.24. The summed E-state index contributed by atoms with van der Waals surface area (Å²) in [6, 6.07) is 5.99. The maximum Gasteiger partial charge on any atom is 0.319 e. The van der Waals surface area contributed by atoms with Crippen molar-refractivity contribution in [3.63, 3.8) is 0 Å². The molecule has 2 aromatic carbocycles. The van der Waals surface area contributed by atoms with E-state index >= 15 is 8.78 Å². The summed E-state index contributed by atoms with van der Waals surface area (Å²) >= 11 is 0. The lowest BCUT2D eigenvalue weighted by Gasteiger charge is -2.46. The molecule has 3 N–H and O–H groups in total. The number of aryl methyl sites for hydroxylation is 1. The molecule has 1 unspecified atom stereocenters. The fourth-order valence-electron chi connectivity index (χ4n) is 9.13. The van der Waals surface area contributed by atoms with Crippen molar-refractivity contribution in [3.8, 4) is 23.0 Å². The number of aromatic nitrogens is 3. The summed E-state index contributed by atoms with van der Waals surface area (Å²) < 4.78 is 44.2. The van der Waals surface area contributed by atoms with Crippen LogP contribution in [0.15, 0.2) is 30.5 Å². The number of halogens is 2. The van der Waals surface area contributed by atoms with E-state index in [1.807, 2.05) is 13.8 Å². The number of hydrogen-bond donors (Lipinski definition) is 3. The minimum atomic E-state index is -2.31. The normalized spacial score (nSPS) is 23.9. The molecule has 0 amide bonds. The van der Waals surface area contributed by atoms with E-state index in [4.69, 9.17) is 30.2 Å². The molecule has 4 aliphatic rings. The van der Waals surface area contributed by atoms with Crippen molar-refractivity contribution >= 4 is 43.2 Å². The van der Waals surface area contributed by atoms with E-state index in [-0.39, 0.29) is 40.1 Å². The summed E-state index contributed by atoms with van der Waals surface area (Å²) in [4.78, 5) is 18.7. The molecule has 8 rings (SSSR count). The first-order valence-electron chi connectivity index (χ1n) is 17.6. The van der Waals surface area contributed by atoms with Gasteiger partial charge < -0.3 is 29.9 Å². The topological polar surface area (TPSA) is 116 Å². The van der Waals surface area contributed by atoms with Gasteiger partial charge in [0.15, 0.2) is 5.82 Å². The first-order valence-corrected chi connectivity index (χ1v) is 17.6. The standard InChI is InChI=1S/C36H40B2F2N6O4/c1-3-24-27(39)7-6-21-14-23(47)15-25(28(21)24)30-29(40)31-26(16-41-30)32(43-33(42-31)49-19-34-9-4-12-46(34)13-5-10-34)45-17-22-8-11-35(18-45,44-22)20(2)50-36(37,38)48/h6-7,14-16,20,22,44,47-48H,3-5,8-13,17-19H2,1-2H3/t20?,22-,35+/m1/s1. The van der Waals surface area contributed by atoms with E-state index in [0.717, 1.165) is 51.6 Å². The largest absolute Gasteiger partial charge is 0.508 e. The number of benzene rings is 2. The number of phenols is 1. The maximum absolute atomic E-state index is 17.1. The highest BCUT2D eigenvalue weighted by Gasteiger charge is 2.50. The molecule has 0 saturated carbocycles. The van der Waals surface area contributed by atoms with Crippen LogP contribution in [0.2, 0.25) is 0 Å². The highest BCUT2D eigenvalue weighted by molar-refractivity contribution is 6.37. The molecular formula is C36H40B2F2N6O4. The molecule has 4 aliphatic heterocycles. The van der Waals surface area contributed by atoms with Crippen LogP contribution in [-0.4, -0.2) is 107 Å². The Morgan fingerprint density at radius 3 is 2.66 bits per heavy atom. The molecular weight excluding hydrogens is 640 g/mol. The number of phenolic OH excluding ortho intramolecular Hbond substituents is 1. The first-order chi connectivity index (χ1) is 23.9. The third-order valence-corrected chi connectivity index (χ3v) is 11.5. The lowest BCUT2D eigenvalue weighted by molar-refractivity contribution is -0.134. The van der Waals surface area contributed by atoms with Crippen molar-refractivity contribution in [3.05, 3.63) is 47.7 Å². The number of fused-ring (bicyclic) bond motifs is 5. The average Bonchev–Trinajstić information content (AvgIpc) is 3.75. The van der Waals surface area contributed by atoms with Gasteiger partial charge in [-0.1, -0.05) is 13.0 Å². The lowest BCUT2D eigenvalue weighted by Crippen LogP contribution is -2.66. The zero-order valence-electron chi connectivity index (χ0n) is 28.4. The zero-order valence-corrected chi connectivity index (χ0v) is 28.4. The zero-order chi connectivity index (χ0) is 35.0. The number of aromatic hydroxyl groups is 1. The lowest BCUT2D eigenvalue weighted by atomic mass is 9.76. The summed E-state index contributed by atoms with van der Waals surface area (Å²) in [6.07, 6.45) is 7.11. The molecule has 258 valence electrons. The van der Waals surface area contributed by atoms with Crippen molar-refractivity contribution in [2.24, 2.45) is 0 Å². The van der Waals surface area contributed by atoms with Crippen molar-refractivity contribution in [1.82, 2.24) is 25.2 Å². The molecule has 50 heavy (non-hydrogen) atoms. The molecule has 4 radical (unpaired) electrons. The van der Waals surface area contributed by atoms with Gasteiger partial charge in [0.05, 0.1) is 28.2 Å². The average molecular weight is 680 g/mol. The van der Waals surface area contributed by atoms with Crippen LogP contribution in [0.1, 0.15) is 57.9 Å². The van der Waals surface area contributed by atoms with Crippen molar-refractivity contribution in [2.75, 3.05) is 37.7 Å². The molecule has 4 aromatic rings. The van der Waals surface area contributed by atoms with Crippen molar-refractivity contribution in [2.45, 2.75) is 87.6 Å². The minimum Gasteiger partial charge on any atom is -0.508 e. The number of pyridine rings is 1. The van der Waals surface area contributed by atoms with Crippen LogP contribution < -0.4 is 15.0 Å². The monoisotopic (exact) mass is 680 g/mol. The van der Waals surface area contributed by atoms with E-state index in [0.29, 0.717) is 53.7 Å². The maximum atomic E-state index is 17.1. The van der Waals surface area contributed by atoms with Crippen LogP contribution in [0.5, 0.6) is 11.8 Å². The predicted octanol–water partition coefficient (Wildman–Crippen LogP) is 4.05. The number of nitrogens with one attached hydrogen (secondary N) is 1. The van der Waals surface area contributed by atoms with Crippen molar-refractivity contribution in [1.29, 1.82) is 0 Å². The molecule has 14 heteroatoms. The number of anilines is 1. The van der Waals surface area contributed by atoms with Gasteiger partial charge in [-0.15, -0.1) is 0 Å². The van der Waals surface area contributed by atoms with Gasteiger partial charge in [-0.05, 0) is 99.5 Å². The third-order valence-electron chi connectivity index (χ3n) is 11.5. The fourth-order valence-corrected chi connectivity index (χ4v) is 9.13. The quantitative estimate of drug-likeness (QED) is 0.177. The van der Waals surface area contributed by atoms with Crippen LogP contribution in [-0.2, 0) is 11.2 Å². The molecule has 3 atom stereocenters. The summed E-state index contributed by atoms with van der Waals surface area (Å²) in [5, 5.41) is 25.8. The number of ether oxygens (including phenoxy) is 2. The van der Waals surface area contributed by atoms with Crippen LogP contribution in [0, 0.1) is 11.6 Å². The minimum absolute atomic E-state index is 0.00987. The summed E-state index contributed by atoms with van der Waals surface area (Å²) in [5.41, 5.74) is -2.41. The van der Waals surface area contributed by atoms with Gasteiger partial charge in [0, 0.05) is 30.9 Å². The van der Waals surface area contributed by atoms with E-state index in [1.54, 1.807) is 6.07 Å². The van der Waals surface area contributed by atoms with Gasteiger partial charge in [0.2, 0.25) is 0 Å².